The van der Waals surface area contributed by atoms with Gasteiger partial charge in [0.15, 0.2) is 0 Å². The van der Waals surface area contributed by atoms with Crippen molar-refractivity contribution in [3.8, 4) is 11.5 Å². The van der Waals surface area contributed by atoms with Crippen molar-refractivity contribution in [3.63, 3.8) is 0 Å². The molecular weight excluding hydrogens is 520 g/mol. The molecule has 0 bridgehead atoms. The zero-order valence-corrected chi connectivity index (χ0v) is 23.9. The summed E-state index contributed by atoms with van der Waals surface area (Å²) in [6, 6.07) is 13.3. The van der Waals surface area contributed by atoms with Crippen LogP contribution < -0.4 is 20.1 Å². The van der Waals surface area contributed by atoms with E-state index in [1.165, 1.54) is 0 Å². The molecule has 0 spiro atoms. The van der Waals surface area contributed by atoms with E-state index in [0.29, 0.717) is 29.6 Å². The van der Waals surface area contributed by atoms with Crippen LogP contribution in [0.5, 0.6) is 11.5 Å². The lowest BCUT2D eigenvalue weighted by Crippen LogP contribution is -2.31. The van der Waals surface area contributed by atoms with E-state index >= 15 is 0 Å². The zero-order valence-electron chi connectivity index (χ0n) is 23.2. The van der Waals surface area contributed by atoms with Gasteiger partial charge in [0.05, 0.1) is 0 Å². The molecule has 2 atom stereocenters. The fourth-order valence-electron chi connectivity index (χ4n) is 4.04. The van der Waals surface area contributed by atoms with Crippen molar-refractivity contribution in [1.29, 1.82) is 0 Å². The van der Waals surface area contributed by atoms with Crippen molar-refractivity contribution in [1.82, 2.24) is 10.6 Å². The molecule has 3 rings (SSSR count). The molecule has 39 heavy (non-hydrogen) atoms. The summed E-state index contributed by atoms with van der Waals surface area (Å²) in [7, 11) is 0. The number of fused-ring (bicyclic) bond motifs is 2. The van der Waals surface area contributed by atoms with Crippen LogP contribution >= 0.6 is 11.6 Å². The molecule has 2 amide bonds. The summed E-state index contributed by atoms with van der Waals surface area (Å²) in [6.45, 7) is 9.17. The third kappa shape index (κ3) is 8.82. The molecule has 0 saturated heterocycles. The molecule has 0 aliphatic heterocycles. The first-order chi connectivity index (χ1) is 18.8. The average molecular weight is 559 g/mol. The Morgan fingerprint density at radius 1 is 0.744 bits per heavy atom. The summed E-state index contributed by atoms with van der Waals surface area (Å²) in [5, 5.41) is 9.28. The Morgan fingerprint density at radius 3 is 1.69 bits per heavy atom. The Bertz CT molecular complexity index is 1250. The number of hydrogen-bond donors (Lipinski definition) is 2. The second-order valence-electron chi connectivity index (χ2n) is 9.51. The van der Waals surface area contributed by atoms with Crippen molar-refractivity contribution < 1.29 is 28.5 Å². The summed E-state index contributed by atoms with van der Waals surface area (Å²) in [5.41, 5.74) is 0. The number of carbonyl (C=O) groups excluding carboxylic acids is 2. The number of alkyl carbamates (subject to hydrolysis) is 2. The van der Waals surface area contributed by atoms with E-state index in [-0.39, 0.29) is 13.2 Å². The fraction of sp³-hybridized carbons (Fsp3) is 0.467. The van der Waals surface area contributed by atoms with Gasteiger partial charge in [-0.15, -0.1) is 0 Å². The van der Waals surface area contributed by atoms with Gasteiger partial charge < -0.3 is 29.6 Å². The fourth-order valence-corrected chi connectivity index (χ4v) is 4.21. The molecule has 2 N–H and O–H groups in total. The number of halogens is 1. The lowest BCUT2D eigenvalue weighted by atomic mass is 10.0. The smallest absolute Gasteiger partial charge is 0.407 e. The highest BCUT2D eigenvalue weighted by molar-refractivity contribution is 6.31. The normalized spacial score (nSPS) is 12.5. The standard InChI is InChI=1S/C30H39ClN2O6/c1-5-7-15-32-29(34)38-20(3)18-36-27-23-11-9-10-12-24(23)28(26-17-22(31)13-14-25(26)27)37-19-21(4)39-30(35)33-16-8-6-2/h9-14,17,20-21H,5-8,15-16,18-19H2,1-4H3,(H,32,34)(H,33,35). The van der Waals surface area contributed by atoms with Gasteiger partial charge in [0.25, 0.3) is 0 Å². The summed E-state index contributed by atoms with van der Waals surface area (Å²) >= 11 is 6.38. The van der Waals surface area contributed by atoms with Crippen LogP contribution in [-0.4, -0.2) is 50.7 Å². The van der Waals surface area contributed by atoms with Crippen molar-refractivity contribution in [2.24, 2.45) is 0 Å². The highest BCUT2D eigenvalue weighted by Gasteiger charge is 2.19. The Kier molecular flexibility index (Phi) is 11.8. The van der Waals surface area contributed by atoms with Gasteiger partial charge in [0, 0.05) is 39.7 Å². The molecular formula is C30H39ClN2O6. The summed E-state index contributed by atoms with van der Waals surface area (Å²) in [5.74, 6) is 1.27. The lowest BCUT2D eigenvalue weighted by molar-refractivity contribution is 0.0751. The summed E-state index contributed by atoms with van der Waals surface area (Å²) < 4.78 is 23.4. The number of nitrogens with one attached hydrogen (secondary N) is 2. The predicted octanol–water partition coefficient (Wildman–Crippen LogP) is 7.23. The van der Waals surface area contributed by atoms with E-state index < -0.39 is 24.4 Å². The van der Waals surface area contributed by atoms with Crippen LogP contribution in [0.15, 0.2) is 42.5 Å². The third-order valence-corrected chi connectivity index (χ3v) is 6.26. The molecule has 3 aromatic rings. The van der Waals surface area contributed by atoms with Crippen molar-refractivity contribution >= 4 is 45.3 Å². The molecule has 9 heteroatoms. The number of rotatable bonds is 14. The highest BCUT2D eigenvalue weighted by atomic mass is 35.5. The Hall–Kier alpha value is -3.39. The number of carbonyl (C=O) groups is 2. The summed E-state index contributed by atoms with van der Waals surface area (Å²) in [6.07, 6.45) is 1.90. The molecule has 0 aliphatic carbocycles. The molecule has 8 nitrogen and oxygen atoms in total. The van der Waals surface area contributed by atoms with Gasteiger partial charge in [0.1, 0.15) is 36.9 Å². The minimum atomic E-state index is -0.475. The molecule has 0 radical (unpaired) electrons. The molecule has 0 aromatic heterocycles. The first-order valence-corrected chi connectivity index (χ1v) is 14.0. The van der Waals surface area contributed by atoms with Gasteiger partial charge in [-0.05, 0) is 44.9 Å². The van der Waals surface area contributed by atoms with Gasteiger partial charge in [-0.1, -0.05) is 62.6 Å². The van der Waals surface area contributed by atoms with E-state index in [2.05, 4.69) is 24.5 Å². The number of benzene rings is 3. The topological polar surface area (TPSA) is 95.1 Å². The quantitative estimate of drug-likeness (QED) is 0.160. The van der Waals surface area contributed by atoms with E-state index in [9.17, 15) is 9.59 Å². The number of hydrogen-bond acceptors (Lipinski definition) is 6. The van der Waals surface area contributed by atoms with Gasteiger partial charge in [-0.2, -0.15) is 0 Å². The zero-order chi connectivity index (χ0) is 28.2. The van der Waals surface area contributed by atoms with E-state index in [0.717, 1.165) is 47.2 Å². The molecule has 0 aliphatic rings. The number of amides is 2. The van der Waals surface area contributed by atoms with Crippen LogP contribution in [0.3, 0.4) is 0 Å². The first kappa shape index (κ1) is 30.2. The van der Waals surface area contributed by atoms with Crippen LogP contribution in [0.4, 0.5) is 9.59 Å². The van der Waals surface area contributed by atoms with Gasteiger partial charge in [-0.3, -0.25) is 0 Å². The SMILES string of the molecule is CCCCNC(=O)OC(C)COc1c2ccccc2c(OCC(C)OC(=O)NCCCC)c2cc(Cl)ccc12. The predicted molar refractivity (Wildman–Crippen MR) is 155 cm³/mol. The minimum absolute atomic E-state index is 0.158. The molecule has 0 saturated carbocycles. The van der Waals surface area contributed by atoms with Crippen molar-refractivity contribution in [2.75, 3.05) is 26.3 Å². The first-order valence-electron chi connectivity index (χ1n) is 13.6. The Labute approximate surface area is 235 Å². The van der Waals surface area contributed by atoms with E-state index in [1.807, 2.05) is 36.4 Å². The monoisotopic (exact) mass is 558 g/mol. The lowest BCUT2D eigenvalue weighted by Gasteiger charge is -2.21. The van der Waals surface area contributed by atoms with Crippen LogP contribution in [0.25, 0.3) is 21.5 Å². The molecule has 2 unspecified atom stereocenters. The largest absolute Gasteiger partial charge is 0.488 e. The van der Waals surface area contributed by atoms with Crippen LogP contribution in [0.1, 0.15) is 53.4 Å². The minimum Gasteiger partial charge on any atom is -0.488 e. The van der Waals surface area contributed by atoms with Gasteiger partial charge in [0.2, 0.25) is 0 Å². The molecule has 3 aromatic carbocycles. The van der Waals surface area contributed by atoms with Crippen molar-refractivity contribution in [3.05, 3.63) is 47.5 Å². The molecule has 212 valence electrons. The maximum atomic E-state index is 12.1. The molecule has 0 heterocycles. The third-order valence-electron chi connectivity index (χ3n) is 6.03. The second kappa shape index (κ2) is 15.3. The van der Waals surface area contributed by atoms with E-state index in [4.69, 9.17) is 30.5 Å². The molecule has 0 fully saturated rings. The summed E-state index contributed by atoms with van der Waals surface area (Å²) in [4.78, 5) is 24.1. The van der Waals surface area contributed by atoms with Crippen LogP contribution in [0, 0.1) is 0 Å². The highest BCUT2D eigenvalue weighted by Crippen LogP contribution is 2.43. The maximum absolute atomic E-state index is 12.1. The Balaban J connectivity index is 1.81. The number of ether oxygens (including phenoxy) is 4. The van der Waals surface area contributed by atoms with Crippen molar-refractivity contribution in [2.45, 2.75) is 65.6 Å². The average Bonchev–Trinajstić information content (AvgIpc) is 2.90. The van der Waals surface area contributed by atoms with Gasteiger partial charge in [-0.25, -0.2) is 9.59 Å². The number of unbranched alkanes of at least 4 members (excludes halogenated alkanes) is 2. The van der Waals surface area contributed by atoms with Gasteiger partial charge >= 0.3 is 12.2 Å². The Morgan fingerprint density at radius 2 is 1.21 bits per heavy atom. The second-order valence-corrected chi connectivity index (χ2v) is 9.94. The maximum Gasteiger partial charge on any atom is 0.407 e. The van der Waals surface area contributed by atoms with Crippen LogP contribution in [-0.2, 0) is 9.47 Å². The van der Waals surface area contributed by atoms with E-state index in [1.54, 1.807) is 19.9 Å². The van der Waals surface area contributed by atoms with Crippen LogP contribution in [0.2, 0.25) is 5.02 Å².